The summed E-state index contributed by atoms with van der Waals surface area (Å²) in [7, 11) is 0. The van der Waals surface area contributed by atoms with Gasteiger partial charge in [0, 0.05) is 0 Å². The van der Waals surface area contributed by atoms with Gasteiger partial charge in [-0.15, -0.1) is 0 Å². The largest absolute Gasteiger partial charge is 0.394 e. The molecule has 1 aliphatic rings. The number of hydrogen-bond donors (Lipinski definition) is 6. The van der Waals surface area contributed by atoms with Crippen LogP contribution in [0.5, 0.6) is 0 Å². The van der Waals surface area contributed by atoms with Crippen LogP contribution in [0.15, 0.2) is 0 Å². The number of ether oxygens (including phenoxy) is 1. The minimum absolute atomic E-state index is 0.470. The standard InChI is InChI=1S/C12H27N.C6H13NO5/c1-2-3-4-5-6-7-8-9-10-11-12-13;7-3-5(10)4(9)2(1-8)12-6(3)11/h2-13H2,1H3;2-6,8-11H,1,7H2/t;2-,3-,4-,5-,6?/m.1/s1. The molecule has 1 fully saturated rings. The Hall–Kier alpha value is -0.280. The third-order valence-corrected chi connectivity index (χ3v) is 4.51. The molecule has 0 radical (unpaired) electrons. The Kier molecular flexibility index (Phi) is 15.8. The van der Waals surface area contributed by atoms with E-state index in [1.807, 2.05) is 0 Å². The highest BCUT2D eigenvalue weighted by Gasteiger charge is 2.41. The predicted molar refractivity (Wildman–Crippen MR) is 98.9 cm³/mol. The average molecular weight is 365 g/mol. The summed E-state index contributed by atoms with van der Waals surface area (Å²) < 4.78 is 4.70. The first-order chi connectivity index (χ1) is 12.0. The van der Waals surface area contributed by atoms with Crippen LogP contribution >= 0.6 is 0 Å². The third-order valence-electron chi connectivity index (χ3n) is 4.51. The van der Waals surface area contributed by atoms with Crippen LogP contribution in [-0.4, -0.2) is 64.2 Å². The fourth-order valence-corrected chi connectivity index (χ4v) is 2.75. The number of rotatable bonds is 11. The predicted octanol–water partition coefficient (Wildman–Crippen LogP) is 0.611. The summed E-state index contributed by atoms with van der Waals surface area (Å²) in [6.45, 7) is 2.67. The van der Waals surface area contributed by atoms with Crippen molar-refractivity contribution in [3.8, 4) is 0 Å². The van der Waals surface area contributed by atoms with Gasteiger partial charge in [0.1, 0.15) is 18.3 Å². The lowest BCUT2D eigenvalue weighted by atomic mass is 9.98. The van der Waals surface area contributed by atoms with E-state index in [-0.39, 0.29) is 0 Å². The average Bonchev–Trinajstić information content (AvgIpc) is 2.62. The Morgan fingerprint density at radius 2 is 1.28 bits per heavy atom. The van der Waals surface area contributed by atoms with Crippen molar-refractivity contribution >= 4 is 0 Å². The fourth-order valence-electron chi connectivity index (χ4n) is 2.75. The highest BCUT2D eigenvalue weighted by atomic mass is 16.6. The van der Waals surface area contributed by atoms with Crippen molar-refractivity contribution in [2.45, 2.75) is 102 Å². The topological polar surface area (TPSA) is 142 Å². The molecule has 7 heteroatoms. The SMILES string of the molecule is CCCCCCCCCCCCN.N[C@H]1C(O)O[C@H](CO)[C@@H](O)[C@@H]1O. The summed E-state index contributed by atoms with van der Waals surface area (Å²) in [5.74, 6) is 0. The molecule has 0 aliphatic carbocycles. The highest BCUT2D eigenvalue weighted by Crippen LogP contribution is 2.17. The molecule has 1 rings (SSSR count). The monoisotopic (exact) mass is 364 g/mol. The van der Waals surface area contributed by atoms with Crippen molar-refractivity contribution in [3.05, 3.63) is 0 Å². The first kappa shape index (κ1) is 24.7. The second-order valence-corrected chi connectivity index (χ2v) is 6.78. The van der Waals surface area contributed by atoms with Crippen molar-refractivity contribution in [1.82, 2.24) is 0 Å². The van der Waals surface area contributed by atoms with Crippen LogP contribution in [0.4, 0.5) is 0 Å². The smallest absolute Gasteiger partial charge is 0.173 e. The van der Waals surface area contributed by atoms with Crippen molar-refractivity contribution in [1.29, 1.82) is 0 Å². The molecule has 0 amide bonds. The van der Waals surface area contributed by atoms with Crippen molar-refractivity contribution < 1.29 is 25.2 Å². The van der Waals surface area contributed by atoms with Gasteiger partial charge in [-0.05, 0) is 13.0 Å². The van der Waals surface area contributed by atoms with Gasteiger partial charge in [-0.2, -0.15) is 0 Å². The van der Waals surface area contributed by atoms with Crippen molar-refractivity contribution in [2.24, 2.45) is 11.5 Å². The van der Waals surface area contributed by atoms with Gasteiger partial charge in [0.15, 0.2) is 6.29 Å². The molecule has 1 aliphatic heterocycles. The zero-order chi connectivity index (χ0) is 19.1. The molecule has 0 aromatic heterocycles. The minimum Gasteiger partial charge on any atom is -0.394 e. The maximum Gasteiger partial charge on any atom is 0.173 e. The molecule has 0 aromatic carbocycles. The van der Waals surface area contributed by atoms with Crippen molar-refractivity contribution in [3.63, 3.8) is 0 Å². The molecular weight excluding hydrogens is 324 g/mol. The second kappa shape index (κ2) is 15.9. The minimum atomic E-state index is -1.35. The van der Waals surface area contributed by atoms with Crippen LogP contribution < -0.4 is 11.5 Å². The van der Waals surface area contributed by atoms with Gasteiger partial charge < -0.3 is 36.6 Å². The molecule has 1 heterocycles. The number of aliphatic hydroxyl groups is 4. The Balaban J connectivity index is 0.000000462. The van der Waals surface area contributed by atoms with Gasteiger partial charge >= 0.3 is 0 Å². The van der Waals surface area contributed by atoms with Gasteiger partial charge in [0.05, 0.1) is 12.6 Å². The van der Waals surface area contributed by atoms with E-state index in [0.29, 0.717) is 0 Å². The molecule has 1 unspecified atom stereocenters. The maximum atomic E-state index is 9.20. The third kappa shape index (κ3) is 11.1. The van der Waals surface area contributed by atoms with Crippen LogP contribution in [0, 0.1) is 0 Å². The molecular formula is C18H40N2O5. The van der Waals surface area contributed by atoms with Gasteiger partial charge in [-0.25, -0.2) is 0 Å². The van der Waals surface area contributed by atoms with E-state index >= 15 is 0 Å². The quantitative estimate of drug-likeness (QED) is 0.295. The maximum absolute atomic E-state index is 9.20. The van der Waals surface area contributed by atoms with E-state index < -0.39 is 37.3 Å². The first-order valence-electron chi connectivity index (χ1n) is 9.75. The lowest BCUT2D eigenvalue weighted by Gasteiger charge is -2.38. The molecule has 0 spiro atoms. The van der Waals surface area contributed by atoms with E-state index in [1.165, 1.54) is 64.2 Å². The van der Waals surface area contributed by atoms with Crippen LogP contribution in [-0.2, 0) is 4.74 Å². The Bertz CT molecular complexity index is 282. The number of hydrogen-bond acceptors (Lipinski definition) is 7. The number of unbranched alkanes of at least 4 members (excludes halogenated alkanes) is 9. The number of aliphatic hydroxyl groups excluding tert-OH is 4. The lowest BCUT2D eigenvalue weighted by molar-refractivity contribution is -0.248. The highest BCUT2D eigenvalue weighted by molar-refractivity contribution is 4.90. The van der Waals surface area contributed by atoms with Crippen LogP contribution in [0.25, 0.3) is 0 Å². The van der Waals surface area contributed by atoms with Crippen LogP contribution in [0.3, 0.4) is 0 Å². The molecule has 152 valence electrons. The molecule has 0 saturated carbocycles. The molecule has 1 saturated heterocycles. The normalized spacial score (nSPS) is 29.2. The molecule has 0 aromatic rings. The van der Waals surface area contributed by atoms with Gasteiger partial charge in [-0.1, -0.05) is 64.7 Å². The Labute approximate surface area is 152 Å². The van der Waals surface area contributed by atoms with E-state index in [9.17, 15) is 10.2 Å². The van der Waals surface area contributed by atoms with E-state index in [4.69, 9.17) is 26.4 Å². The zero-order valence-electron chi connectivity index (χ0n) is 15.7. The first-order valence-corrected chi connectivity index (χ1v) is 9.75. The summed E-state index contributed by atoms with van der Waals surface area (Å²) in [6.07, 6.45) is 9.08. The molecule has 7 nitrogen and oxygen atoms in total. The van der Waals surface area contributed by atoms with Crippen molar-refractivity contribution in [2.75, 3.05) is 13.2 Å². The molecule has 25 heavy (non-hydrogen) atoms. The molecule has 5 atom stereocenters. The fraction of sp³-hybridized carbons (Fsp3) is 1.00. The number of nitrogens with two attached hydrogens (primary N) is 2. The van der Waals surface area contributed by atoms with E-state index in [1.54, 1.807) is 0 Å². The zero-order valence-corrected chi connectivity index (χ0v) is 15.7. The molecule has 0 bridgehead atoms. The Morgan fingerprint density at radius 1 is 0.800 bits per heavy atom. The molecule has 8 N–H and O–H groups in total. The lowest BCUT2D eigenvalue weighted by Crippen LogP contribution is -2.61. The van der Waals surface area contributed by atoms with Crippen LogP contribution in [0.1, 0.15) is 71.1 Å². The van der Waals surface area contributed by atoms with E-state index in [2.05, 4.69) is 6.92 Å². The summed E-state index contributed by atoms with van der Waals surface area (Å²) >= 11 is 0. The summed E-state index contributed by atoms with van der Waals surface area (Å²) in [5, 5.41) is 36.1. The Morgan fingerprint density at radius 3 is 1.72 bits per heavy atom. The van der Waals surface area contributed by atoms with Gasteiger partial charge in [-0.3, -0.25) is 0 Å². The summed E-state index contributed by atoms with van der Waals surface area (Å²) in [4.78, 5) is 0. The van der Waals surface area contributed by atoms with Crippen LogP contribution in [0.2, 0.25) is 0 Å². The summed E-state index contributed by atoms with van der Waals surface area (Å²) in [6, 6.07) is -1.04. The van der Waals surface area contributed by atoms with Gasteiger partial charge in [0.2, 0.25) is 0 Å². The van der Waals surface area contributed by atoms with Gasteiger partial charge in [0.25, 0.3) is 0 Å². The van der Waals surface area contributed by atoms with E-state index in [0.717, 1.165) is 6.54 Å². The summed E-state index contributed by atoms with van der Waals surface area (Å²) in [5.41, 5.74) is 10.7. The second-order valence-electron chi connectivity index (χ2n) is 6.78.